The molecule has 10 heteroatoms. The monoisotopic (exact) mass is 345 g/mol. The summed E-state index contributed by atoms with van der Waals surface area (Å²) in [5, 5.41) is 0. The number of alkyl halides is 3. The number of nitrogens with zero attached hydrogens (tertiary/aromatic N) is 1. The van der Waals surface area contributed by atoms with Crippen molar-refractivity contribution < 1.29 is 30.0 Å². The van der Waals surface area contributed by atoms with Crippen LogP contribution in [0.4, 0.5) is 18.9 Å². The second kappa shape index (κ2) is 5.84. The SMILES string of the molecule is Cc1ccc(N(S(C)(=O)=O)S(=O)(=O)CCC(F)(F)F)cc1. The van der Waals surface area contributed by atoms with Crippen LogP contribution >= 0.6 is 0 Å². The number of hydrogen-bond donors (Lipinski definition) is 0. The molecule has 1 aromatic carbocycles. The van der Waals surface area contributed by atoms with Gasteiger partial charge in [-0.05, 0) is 19.1 Å². The average molecular weight is 345 g/mol. The molecule has 5 nitrogen and oxygen atoms in total. The molecule has 0 N–H and O–H groups in total. The lowest BCUT2D eigenvalue weighted by Crippen LogP contribution is -2.38. The molecule has 0 saturated carbocycles. The summed E-state index contributed by atoms with van der Waals surface area (Å²) in [7, 11) is -8.93. The molecule has 0 unspecified atom stereocenters. The van der Waals surface area contributed by atoms with Crippen molar-refractivity contribution in [1.29, 1.82) is 0 Å². The zero-order valence-electron chi connectivity index (χ0n) is 11.3. The Kier molecular flexibility index (Phi) is 4.94. The Hall–Kier alpha value is -1.29. The van der Waals surface area contributed by atoms with Gasteiger partial charge in [0.1, 0.15) is 0 Å². The third kappa shape index (κ3) is 5.20. The topological polar surface area (TPSA) is 71.5 Å². The zero-order valence-corrected chi connectivity index (χ0v) is 12.9. The van der Waals surface area contributed by atoms with Gasteiger partial charge in [-0.25, -0.2) is 16.8 Å². The van der Waals surface area contributed by atoms with Crippen molar-refractivity contribution in [1.82, 2.24) is 0 Å². The lowest BCUT2D eigenvalue weighted by molar-refractivity contribution is -0.129. The van der Waals surface area contributed by atoms with Crippen molar-refractivity contribution in [2.24, 2.45) is 0 Å². The van der Waals surface area contributed by atoms with E-state index < -0.39 is 38.4 Å². The number of anilines is 1. The number of aryl methyl sites for hydroxylation is 1. The highest BCUT2D eigenvalue weighted by atomic mass is 32.3. The lowest BCUT2D eigenvalue weighted by Gasteiger charge is -2.22. The zero-order chi connectivity index (χ0) is 16.5. The molecule has 0 bridgehead atoms. The molecule has 1 rings (SSSR count). The minimum atomic E-state index is -4.69. The first kappa shape index (κ1) is 17.8. The fraction of sp³-hybridized carbons (Fsp3) is 0.455. The fourth-order valence-corrected chi connectivity index (χ4v) is 5.03. The van der Waals surface area contributed by atoms with Crippen molar-refractivity contribution in [3.8, 4) is 0 Å². The van der Waals surface area contributed by atoms with E-state index in [-0.39, 0.29) is 9.40 Å². The Morgan fingerprint density at radius 3 is 1.90 bits per heavy atom. The van der Waals surface area contributed by atoms with Crippen LogP contribution in [0.5, 0.6) is 0 Å². The van der Waals surface area contributed by atoms with Crippen LogP contribution in [0.1, 0.15) is 12.0 Å². The summed E-state index contributed by atoms with van der Waals surface area (Å²) in [6.07, 6.45) is -5.69. The van der Waals surface area contributed by atoms with E-state index in [0.717, 1.165) is 5.56 Å². The van der Waals surface area contributed by atoms with E-state index in [4.69, 9.17) is 0 Å². The summed E-state index contributed by atoms with van der Waals surface area (Å²) in [5.74, 6) is -1.34. The molecule has 0 spiro atoms. The molecule has 21 heavy (non-hydrogen) atoms. The van der Waals surface area contributed by atoms with Crippen molar-refractivity contribution >= 4 is 25.7 Å². The normalized spacial score (nSPS) is 13.2. The molecule has 0 radical (unpaired) electrons. The quantitative estimate of drug-likeness (QED) is 0.819. The molecule has 0 aromatic heterocycles. The Morgan fingerprint density at radius 2 is 1.52 bits per heavy atom. The summed E-state index contributed by atoms with van der Waals surface area (Å²) in [5.41, 5.74) is 0.533. The van der Waals surface area contributed by atoms with Crippen molar-refractivity contribution in [3.05, 3.63) is 29.8 Å². The smallest absolute Gasteiger partial charge is 0.206 e. The van der Waals surface area contributed by atoms with Crippen LogP contribution in [0.3, 0.4) is 0 Å². The highest BCUT2D eigenvalue weighted by molar-refractivity contribution is 8.09. The maximum atomic E-state index is 12.2. The van der Waals surface area contributed by atoms with E-state index >= 15 is 0 Å². The molecule has 0 heterocycles. The largest absolute Gasteiger partial charge is 0.390 e. The molecular formula is C11H14F3NO4S2. The van der Waals surface area contributed by atoms with Gasteiger partial charge in [-0.2, -0.15) is 16.9 Å². The molecule has 0 aliphatic rings. The van der Waals surface area contributed by atoms with Gasteiger partial charge in [0, 0.05) is 0 Å². The van der Waals surface area contributed by atoms with Gasteiger partial charge >= 0.3 is 6.18 Å². The van der Waals surface area contributed by atoms with Gasteiger partial charge in [-0.15, -0.1) is 0 Å². The first-order valence-corrected chi connectivity index (χ1v) is 9.15. The summed E-state index contributed by atoms with van der Waals surface area (Å²) in [4.78, 5) is 0. The highest BCUT2D eigenvalue weighted by Crippen LogP contribution is 2.26. The molecule has 0 atom stereocenters. The van der Waals surface area contributed by atoms with Crippen LogP contribution in [-0.2, 0) is 20.0 Å². The lowest BCUT2D eigenvalue weighted by atomic mass is 10.2. The van der Waals surface area contributed by atoms with E-state index in [9.17, 15) is 30.0 Å². The summed E-state index contributed by atoms with van der Waals surface area (Å²) < 4.78 is 83.8. The van der Waals surface area contributed by atoms with Gasteiger partial charge in [-0.1, -0.05) is 17.7 Å². The van der Waals surface area contributed by atoms with E-state index in [1.54, 1.807) is 6.92 Å². The minimum absolute atomic E-state index is 0.0329. The molecule has 120 valence electrons. The Bertz CT molecular complexity index is 694. The van der Waals surface area contributed by atoms with Crippen LogP contribution in [-0.4, -0.2) is 35.0 Å². The maximum Gasteiger partial charge on any atom is 0.390 e. The number of rotatable bonds is 5. The van der Waals surface area contributed by atoms with Crippen molar-refractivity contribution in [3.63, 3.8) is 0 Å². The van der Waals surface area contributed by atoms with Crippen molar-refractivity contribution in [2.75, 3.05) is 15.7 Å². The molecule has 0 amide bonds. The Morgan fingerprint density at radius 1 is 1.05 bits per heavy atom. The van der Waals surface area contributed by atoms with Crippen LogP contribution in [0, 0.1) is 6.92 Å². The van der Waals surface area contributed by atoms with E-state index in [2.05, 4.69) is 0 Å². The first-order valence-electron chi connectivity index (χ1n) is 5.69. The van der Waals surface area contributed by atoms with Crippen LogP contribution in [0.15, 0.2) is 24.3 Å². The average Bonchev–Trinajstić information content (AvgIpc) is 2.27. The Labute approximate surface area is 121 Å². The van der Waals surface area contributed by atoms with E-state index in [1.807, 2.05) is 0 Å². The minimum Gasteiger partial charge on any atom is -0.206 e. The molecular weight excluding hydrogens is 331 g/mol. The second-order valence-electron chi connectivity index (χ2n) is 4.48. The number of sulfonamides is 2. The first-order chi connectivity index (χ1) is 9.33. The van der Waals surface area contributed by atoms with Gasteiger partial charge < -0.3 is 0 Å². The van der Waals surface area contributed by atoms with Crippen LogP contribution in [0.2, 0.25) is 0 Å². The molecule has 0 aliphatic carbocycles. The van der Waals surface area contributed by atoms with Gasteiger partial charge in [0.05, 0.1) is 24.1 Å². The number of halogens is 3. The fourth-order valence-electron chi connectivity index (χ4n) is 1.55. The summed E-state index contributed by atoms with van der Waals surface area (Å²) in [6.45, 7) is 1.70. The third-order valence-corrected chi connectivity index (χ3v) is 6.19. The van der Waals surface area contributed by atoms with E-state index in [0.29, 0.717) is 6.26 Å². The Balaban J connectivity index is 3.24. The number of hydrogen-bond acceptors (Lipinski definition) is 4. The molecule has 0 fully saturated rings. The highest BCUT2D eigenvalue weighted by Gasteiger charge is 2.36. The van der Waals surface area contributed by atoms with Crippen molar-refractivity contribution in [2.45, 2.75) is 19.5 Å². The predicted octanol–water partition coefficient (Wildman–Crippen LogP) is 2.04. The summed E-state index contributed by atoms with van der Waals surface area (Å²) in [6, 6.07) is 5.38. The van der Waals surface area contributed by atoms with Gasteiger partial charge in [0.25, 0.3) is 0 Å². The van der Waals surface area contributed by atoms with Gasteiger partial charge in [0.2, 0.25) is 20.0 Å². The maximum absolute atomic E-state index is 12.2. The second-order valence-corrected chi connectivity index (χ2v) is 8.48. The van der Waals surface area contributed by atoms with Gasteiger partial charge in [-0.3, -0.25) is 0 Å². The standard InChI is InChI=1S/C11H14F3NO4S2/c1-9-3-5-10(6-4-9)15(20(2,16)17)21(18,19)8-7-11(12,13)14/h3-6H,7-8H2,1-2H3. The number of benzene rings is 1. The third-order valence-electron chi connectivity index (χ3n) is 2.44. The molecule has 0 saturated heterocycles. The van der Waals surface area contributed by atoms with Gasteiger partial charge in [0.15, 0.2) is 0 Å². The predicted molar refractivity (Wildman–Crippen MR) is 73.0 cm³/mol. The van der Waals surface area contributed by atoms with Crippen LogP contribution < -0.4 is 3.71 Å². The molecule has 0 aliphatic heterocycles. The molecule has 1 aromatic rings. The van der Waals surface area contributed by atoms with E-state index in [1.165, 1.54) is 24.3 Å². The van der Waals surface area contributed by atoms with Crippen LogP contribution in [0.25, 0.3) is 0 Å². The summed E-state index contributed by atoms with van der Waals surface area (Å²) >= 11 is 0.